The van der Waals surface area contributed by atoms with Gasteiger partial charge in [0.05, 0.1) is 5.69 Å². The molecule has 1 heterocycles. The molecule has 6 heteroatoms. The molecule has 0 unspecified atom stereocenters. The second-order valence-corrected chi connectivity index (χ2v) is 4.32. The van der Waals surface area contributed by atoms with Gasteiger partial charge in [-0.25, -0.2) is 9.97 Å². The van der Waals surface area contributed by atoms with Gasteiger partial charge in [0.25, 0.3) is 0 Å². The number of hydrogen-bond donors (Lipinski definition) is 1. The fourth-order valence-electron chi connectivity index (χ4n) is 1.74. The van der Waals surface area contributed by atoms with Crippen LogP contribution in [0.15, 0.2) is 24.3 Å². The number of nitrogen functional groups attached to an aromatic ring is 1. The summed E-state index contributed by atoms with van der Waals surface area (Å²) in [5.41, 5.74) is 8.00. The van der Waals surface area contributed by atoms with Gasteiger partial charge >= 0.3 is 6.18 Å². The Morgan fingerprint density at radius 2 is 1.74 bits per heavy atom. The van der Waals surface area contributed by atoms with Crippen molar-refractivity contribution >= 4 is 5.82 Å². The summed E-state index contributed by atoms with van der Waals surface area (Å²) in [4.78, 5) is 6.79. The molecule has 2 rings (SSSR count). The van der Waals surface area contributed by atoms with E-state index >= 15 is 0 Å². The lowest BCUT2D eigenvalue weighted by atomic mass is 10.0. The molecule has 0 aliphatic carbocycles. The van der Waals surface area contributed by atoms with Crippen LogP contribution in [0.3, 0.4) is 0 Å². The van der Waals surface area contributed by atoms with E-state index in [1.807, 2.05) is 19.1 Å². The number of alkyl halides is 3. The van der Waals surface area contributed by atoms with Crippen molar-refractivity contribution in [3.8, 4) is 11.3 Å². The molecule has 0 radical (unpaired) electrons. The Bertz CT molecular complexity index is 621. The second-order valence-electron chi connectivity index (χ2n) is 4.32. The van der Waals surface area contributed by atoms with Gasteiger partial charge in [0, 0.05) is 11.6 Å². The molecule has 0 atom stereocenters. The largest absolute Gasteiger partial charge is 0.451 e. The Morgan fingerprint density at radius 3 is 2.37 bits per heavy atom. The Balaban J connectivity index is 2.63. The summed E-state index contributed by atoms with van der Waals surface area (Å²) in [6.07, 6.45) is -4.61. The number of nitrogens with zero attached hydrogens (tertiary/aromatic N) is 2. The van der Waals surface area contributed by atoms with E-state index in [0.717, 1.165) is 11.1 Å². The minimum atomic E-state index is -4.61. The molecule has 1 aromatic carbocycles. The molecule has 0 saturated carbocycles. The van der Waals surface area contributed by atoms with Crippen LogP contribution >= 0.6 is 0 Å². The highest BCUT2D eigenvalue weighted by molar-refractivity contribution is 5.66. The molecule has 0 aliphatic rings. The van der Waals surface area contributed by atoms with Crippen LogP contribution < -0.4 is 5.73 Å². The van der Waals surface area contributed by atoms with Crippen LogP contribution in [-0.4, -0.2) is 9.97 Å². The van der Waals surface area contributed by atoms with Crippen molar-refractivity contribution in [2.45, 2.75) is 20.0 Å². The first-order chi connectivity index (χ1) is 8.77. The first-order valence-corrected chi connectivity index (χ1v) is 5.57. The van der Waals surface area contributed by atoms with E-state index in [0.29, 0.717) is 5.56 Å². The predicted molar refractivity (Wildman–Crippen MR) is 66.4 cm³/mol. The van der Waals surface area contributed by atoms with Gasteiger partial charge in [-0.05, 0) is 25.5 Å². The van der Waals surface area contributed by atoms with Gasteiger partial charge in [-0.3, -0.25) is 0 Å². The maximum atomic E-state index is 12.7. The van der Waals surface area contributed by atoms with Gasteiger partial charge in [0.2, 0.25) is 5.82 Å². The fourth-order valence-corrected chi connectivity index (χ4v) is 1.74. The van der Waals surface area contributed by atoms with Crippen molar-refractivity contribution in [1.29, 1.82) is 0 Å². The Morgan fingerprint density at radius 1 is 1.05 bits per heavy atom. The van der Waals surface area contributed by atoms with E-state index in [9.17, 15) is 13.2 Å². The third kappa shape index (κ3) is 2.83. The highest BCUT2D eigenvalue weighted by Gasteiger charge is 2.35. The van der Waals surface area contributed by atoms with Crippen LogP contribution in [0.4, 0.5) is 19.0 Å². The third-order valence-electron chi connectivity index (χ3n) is 2.67. The molecule has 3 nitrogen and oxygen atoms in total. The predicted octanol–water partition coefficient (Wildman–Crippen LogP) is 3.36. The molecule has 19 heavy (non-hydrogen) atoms. The van der Waals surface area contributed by atoms with Crippen molar-refractivity contribution in [1.82, 2.24) is 9.97 Å². The molecule has 0 fully saturated rings. The SMILES string of the molecule is Cc1ccc(C)c(-c2cc(N)nc(C(F)(F)F)n2)c1. The number of nitrogens with two attached hydrogens (primary N) is 1. The van der Waals surface area contributed by atoms with Crippen LogP contribution in [0.25, 0.3) is 11.3 Å². The number of aryl methyl sites for hydroxylation is 2. The smallest absolute Gasteiger partial charge is 0.384 e. The third-order valence-corrected chi connectivity index (χ3v) is 2.67. The summed E-state index contributed by atoms with van der Waals surface area (Å²) >= 11 is 0. The average Bonchev–Trinajstić information content (AvgIpc) is 2.30. The van der Waals surface area contributed by atoms with E-state index in [2.05, 4.69) is 9.97 Å². The molecule has 0 bridgehead atoms. The van der Waals surface area contributed by atoms with Gasteiger partial charge in [0.15, 0.2) is 0 Å². The van der Waals surface area contributed by atoms with E-state index in [4.69, 9.17) is 5.73 Å². The number of anilines is 1. The Hall–Kier alpha value is -2.11. The Kier molecular flexibility index (Phi) is 3.18. The van der Waals surface area contributed by atoms with Gasteiger partial charge in [-0.1, -0.05) is 17.7 Å². The molecule has 2 N–H and O–H groups in total. The van der Waals surface area contributed by atoms with Crippen LogP contribution in [0.1, 0.15) is 17.0 Å². The summed E-state index contributed by atoms with van der Waals surface area (Å²) in [5.74, 6) is -1.42. The van der Waals surface area contributed by atoms with Gasteiger partial charge < -0.3 is 5.73 Å². The number of benzene rings is 1. The lowest BCUT2D eigenvalue weighted by Crippen LogP contribution is -2.13. The second kappa shape index (κ2) is 4.53. The van der Waals surface area contributed by atoms with E-state index in [1.54, 1.807) is 13.0 Å². The minimum absolute atomic E-state index is 0.182. The highest BCUT2D eigenvalue weighted by Crippen LogP contribution is 2.30. The summed E-state index contributed by atoms with van der Waals surface area (Å²) < 4.78 is 38.0. The first-order valence-electron chi connectivity index (χ1n) is 5.57. The van der Waals surface area contributed by atoms with Gasteiger partial charge in [0.1, 0.15) is 5.82 Å². The first kappa shape index (κ1) is 13.3. The normalized spacial score (nSPS) is 11.6. The average molecular weight is 267 g/mol. The fraction of sp³-hybridized carbons (Fsp3) is 0.231. The number of hydrogen-bond acceptors (Lipinski definition) is 3. The van der Waals surface area contributed by atoms with Gasteiger partial charge in [-0.15, -0.1) is 0 Å². The van der Waals surface area contributed by atoms with Crippen molar-refractivity contribution in [2.24, 2.45) is 0 Å². The quantitative estimate of drug-likeness (QED) is 0.861. The van der Waals surface area contributed by atoms with E-state index in [1.165, 1.54) is 6.07 Å². The van der Waals surface area contributed by atoms with Crippen molar-refractivity contribution in [3.05, 3.63) is 41.2 Å². The zero-order valence-corrected chi connectivity index (χ0v) is 10.4. The molecular weight excluding hydrogens is 255 g/mol. The molecule has 0 spiro atoms. The minimum Gasteiger partial charge on any atom is -0.384 e. The zero-order valence-electron chi connectivity index (χ0n) is 10.4. The van der Waals surface area contributed by atoms with Crippen molar-refractivity contribution in [3.63, 3.8) is 0 Å². The van der Waals surface area contributed by atoms with Crippen molar-refractivity contribution < 1.29 is 13.2 Å². The lowest BCUT2D eigenvalue weighted by Gasteiger charge is -2.10. The molecular formula is C13H12F3N3. The van der Waals surface area contributed by atoms with Gasteiger partial charge in [-0.2, -0.15) is 13.2 Å². The van der Waals surface area contributed by atoms with E-state index in [-0.39, 0.29) is 11.5 Å². The number of aromatic nitrogens is 2. The van der Waals surface area contributed by atoms with Crippen LogP contribution in [0.2, 0.25) is 0 Å². The molecule has 0 amide bonds. The molecule has 0 aliphatic heterocycles. The number of halogens is 3. The molecule has 2 aromatic rings. The topological polar surface area (TPSA) is 51.8 Å². The standard InChI is InChI=1S/C13H12F3N3/c1-7-3-4-8(2)9(5-7)10-6-11(17)19-12(18-10)13(14,15)16/h3-6H,1-2H3,(H2,17,18,19). The molecule has 0 saturated heterocycles. The maximum Gasteiger partial charge on any atom is 0.451 e. The number of rotatable bonds is 1. The summed E-state index contributed by atoms with van der Waals surface area (Å²) in [6.45, 7) is 3.67. The summed E-state index contributed by atoms with van der Waals surface area (Å²) in [7, 11) is 0. The zero-order chi connectivity index (χ0) is 14.2. The van der Waals surface area contributed by atoms with Crippen LogP contribution in [0.5, 0.6) is 0 Å². The molecule has 100 valence electrons. The lowest BCUT2D eigenvalue weighted by molar-refractivity contribution is -0.144. The van der Waals surface area contributed by atoms with Crippen LogP contribution in [0, 0.1) is 13.8 Å². The monoisotopic (exact) mass is 267 g/mol. The van der Waals surface area contributed by atoms with E-state index < -0.39 is 12.0 Å². The maximum absolute atomic E-state index is 12.7. The van der Waals surface area contributed by atoms with Crippen LogP contribution in [-0.2, 0) is 6.18 Å². The Labute approximate surface area is 108 Å². The summed E-state index contributed by atoms with van der Waals surface area (Å²) in [5, 5.41) is 0. The highest BCUT2D eigenvalue weighted by atomic mass is 19.4. The molecule has 1 aromatic heterocycles. The van der Waals surface area contributed by atoms with Crippen molar-refractivity contribution in [2.75, 3.05) is 5.73 Å². The summed E-state index contributed by atoms with van der Waals surface area (Å²) in [6, 6.07) is 6.83.